The van der Waals surface area contributed by atoms with Gasteiger partial charge in [-0.1, -0.05) is 177 Å². The van der Waals surface area contributed by atoms with Crippen LogP contribution in [0.3, 0.4) is 0 Å². The molecule has 0 aromatic heterocycles. The SMILES string of the molecule is C#CC(C(=C)C(=C)N1CCCCC1C(=C)C)C(C)CCCC[C@H](CC)/C(C)=C/C=C/C=C/[C@@H](C)CC(C)C(=C)C(CC)C/C(C)=C/[C@@H](C)C(=O)CC[C@H](C)CC1CCC(N(C=C)N=NC)C(CC)C1. The topological polar surface area (TPSA) is 48.3 Å². The van der Waals surface area contributed by atoms with Gasteiger partial charge in [0, 0.05) is 42.7 Å². The highest BCUT2D eigenvalue weighted by molar-refractivity contribution is 5.82. The van der Waals surface area contributed by atoms with Gasteiger partial charge in [0.05, 0.1) is 13.1 Å². The van der Waals surface area contributed by atoms with Crippen LogP contribution in [0.15, 0.2) is 119 Å². The molecule has 2 rings (SSSR count). The second kappa shape index (κ2) is 32.9. The Labute approximate surface area is 427 Å². The summed E-state index contributed by atoms with van der Waals surface area (Å²) in [5.41, 5.74) is 7.34. The lowest BCUT2D eigenvalue weighted by Crippen LogP contribution is -2.40. The molecular formula is C64H104N4O. The molecule has 0 aromatic rings. The highest BCUT2D eigenvalue weighted by atomic mass is 16.1. The van der Waals surface area contributed by atoms with Crippen molar-refractivity contribution in [2.45, 2.75) is 204 Å². The van der Waals surface area contributed by atoms with Gasteiger partial charge in [-0.15, -0.1) is 6.42 Å². The molecule has 0 N–H and O–H groups in total. The van der Waals surface area contributed by atoms with Crippen molar-refractivity contribution < 1.29 is 4.79 Å². The minimum atomic E-state index is -0.0479. The van der Waals surface area contributed by atoms with Crippen molar-refractivity contribution >= 4 is 5.78 Å². The Hall–Kier alpha value is -3.91. The van der Waals surface area contributed by atoms with Crippen molar-refractivity contribution in [1.82, 2.24) is 9.91 Å². The smallest absolute Gasteiger partial charge is 0.139 e. The molecule has 69 heavy (non-hydrogen) atoms. The maximum absolute atomic E-state index is 13.4. The number of piperidine rings is 1. The fourth-order valence-corrected chi connectivity index (χ4v) is 11.9. The summed E-state index contributed by atoms with van der Waals surface area (Å²) in [6.45, 7) is 47.8. The summed E-state index contributed by atoms with van der Waals surface area (Å²) in [4.78, 5) is 15.8. The van der Waals surface area contributed by atoms with Crippen molar-refractivity contribution in [2.24, 2.45) is 69.5 Å². The maximum atomic E-state index is 13.4. The molecule has 1 aliphatic carbocycles. The number of unbranched alkanes of at least 4 members (excludes halogenated alkanes) is 1. The van der Waals surface area contributed by atoms with Crippen LogP contribution in [-0.4, -0.2) is 41.4 Å². The van der Waals surface area contributed by atoms with Crippen LogP contribution in [0, 0.1) is 71.5 Å². The molecule has 5 nitrogen and oxygen atoms in total. The van der Waals surface area contributed by atoms with Crippen molar-refractivity contribution in [1.29, 1.82) is 0 Å². The number of ketones is 1. The van der Waals surface area contributed by atoms with Gasteiger partial charge in [-0.2, -0.15) is 5.11 Å². The Kier molecular flexibility index (Phi) is 29.2. The highest BCUT2D eigenvalue weighted by Gasteiger charge is 2.34. The summed E-state index contributed by atoms with van der Waals surface area (Å²) < 4.78 is 0. The quantitative estimate of drug-likeness (QED) is 0.0164. The first-order valence-electron chi connectivity index (χ1n) is 27.7. The van der Waals surface area contributed by atoms with E-state index in [0.717, 1.165) is 75.6 Å². The van der Waals surface area contributed by atoms with Crippen molar-refractivity contribution in [3.05, 3.63) is 109 Å². The molecule has 1 saturated heterocycles. The van der Waals surface area contributed by atoms with E-state index in [4.69, 9.17) is 6.42 Å². The molecule has 1 saturated carbocycles. The molecule has 0 amide bonds. The van der Waals surface area contributed by atoms with Gasteiger partial charge < -0.3 is 4.90 Å². The van der Waals surface area contributed by atoms with Gasteiger partial charge in [0.15, 0.2) is 0 Å². The maximum Gasteiger partial charge on any atom is 0.139 e. The molecule has 0 bridgehead atoms. The third kappa shape index (κ3) is 20.8. The van der Waals surface area contributed by atoms with Crippen LogP contribution in [0.4, 0.5) is 0 Å². The largest absolute Gasteiger partial charge is 0.365 e. The van der Waals surface area contributed by atoms with Crippen LogP contribution in [0.5, 0.6) is 0 Å². The van der Waals surface area contributed by atoms with Crippen LogP contribution in [0.1, 0.15) is 192 Å². The fourth-order valence-electron chi connectivity index (χ4n) is 11.9. The minimum Gasteiger partial charge on any atom is -0.365 e. The van der Waals surface area contributed by atoms with Crippen molar-refractivity contribution in [2.75, 3.05) is 13.6 Å². The predicted molar refractivity (Wildman–Crippen MR) is 302 cm³/mol. The number of carbonyl (C=O) groups is 1. The van der Waals surface area contributed by atoms with E-state index < -0.39 is 0 Å². The summed E-state index contributed by atoms with van der Waals surface area (Å²) in [6, 6.07) is 0.731. The summed E-state index contributed by atoms with van der Waals surface area (Å²) in [7, 11) is 1.72. The van der Waals surface area contributed by atoms with Crippen LogP contribution < -0.4 is 0 Å². The summed E-state index contributed by atoms with van der Waals surface area (Å²) >= 11 is 0. The standard InChI is InChI=1S/C64H104N4O/c1-19-58(34-28-27-33-51(12)61(22-4)55(16)56(17)67-40-30-29-35-62(67)46(6)7)50(11)32-26-24-25-31-47(8)41-52(13)54(15)59(20-2)44-49(10)42-53(14)64(69)39-36-48(9)43-57-37-38-63(60(21-3)45-57)68(23-5)66-65-18/h4,23-26,31-32,42,47-48,51-53,57-63H,5-6,15-17,19-21,27-30,33-41,43-45H2,1-3,7-14,18H3/b26-24+,31-25+,49-42+,50-32+,66-65?/t47-,48+,51?,52?,53-,57?,58+,59?,60?,61?,62?,63?/m1/s1. The Morgan fingerprint density at radius 1 is 0.899 bits per heavy atom. The second-order valence-electron chi connectivity index (χ2n) is 22.1. The lowest BCUT2D eigenvalue weighted by Gasteiger charge is -2.41. The molecule has 0 radical (unpaired) electrons. The van der Waals surface area contributed by atoms with E-state index in [9.17, 15) is 4.79 Å². The molecule has 1 aliphatic heterocycles. The molecule has 0 spiro atoms. The van der Waals surface area contributed by atoms with E-state index in [1.165, 1.54) is 73.7 Å². The molecule has 386 valence electrons. The van der Waals surface area contributed by atoms with Crippen molar-refractivity contribution in [3.8, 4) is 12.3 Å². The number of carbonyl (C=O) groups excluding carboxylic acids is 1. The lowest BCUT2D eigenvalue weighted by atomic mass is 9.73. The predicted octanol–water partition coefficient (Wildman–Crippen LogP) is 18.2. The van der Waals surface area contributed by atoms with E-state index >= 15 is 0 Å². The highest BCUT2D eigenvalue weighted by Crippen LogP contribution is 2.39. The lowest BCUT2D eigenvalue weighted by molar-refractivity contribution is -0.121. The Morgan fingerprint density at radius 2 is 1.59 bits per heavy atom. The van der Waals surface area contributed by atoms with Crippen LogP contribution in [0.25, 0.3) is 0 Å². The van der Waals surface area contributed by atoms with E-state index in [2.05, 4.69) is 167 Å². The number of hydrogen-bond acceptors (Lipinski definition) is 4. The van der Waals surface area contributed by atoms with Gasteiger partial charge >= 0.3 is 0 Å². The molecule has 2 aliphatic rings. The normalized spacial score (nSPS) is 22.9. The Morgan fingerprint density at radius 3 is 2.22 bits per heavy atom. The van der Waals surface area contributed by atoms with E-state index in [-0.39, 0.29) is 11.8 Å². The van der Waals surface area contributed by atoms with Crippen LogP contribution in [0.2, 0.25) is 0 Å². The zero-order valence-electron chi connectivity index (χ0n) is 46.7. The molecule has 5 heteroatoms. The van der Waals surface area contributed by atoms with Gasteiger partial charge in [-0.25, -0.2) is 0 Å². The number of hydrogen-bond donors (Lipinski definition) is 0. The number of allylic oxidation sites excluding steroid dienone is 10. The minimum absolute atomic E-state index is 0.0104. The molecular weight excluding hydrogens is 841 g/mol. The van der Waals surface area contributed by atoms with Gasteiger partial charge in [0.1, 0.15) is 5.78 Å². The number of terminal acetylenes is 1. The number of Topliss-reactive ketones (excluding diaryl/α,β-unsaturated/α-hetero) is 1. The average Bonchev–Trinajstić information content (AvgIpc) is 3.33. The summed E-state index contributed by atoms with van der Waals surface area (Å²) in [5, 5.41) is 10.3. The fraction of sp³-hybridized carbons (Fsp3) is 0.672. The third-order valence-corrected chi connectivity index (χ3v) is 16.4. The zero-order valence-corrected chi connectivity index (χ0v) is 46.7. The second-order valence-corrected chi connectivity index (χ2v) is 22.1. The molecule has 8 unspecified atom stereocenters. The summed E-state index contributed by atoms with van der Waals surface area (Å²) in [5.74, 6) is 7.55. The number of rotatable bonds is 33. The Balaban J connectivity index is 1.79. The summed E-state index contributed by atoms with van der Waals surface area (Å²) in [6.07, 6.45) is 41.5. The zero-order chi connectivity index (χ0) is 51.6. The molecule has 1 heterocycles. The monoisotopic (exact) mass is 945 g/mol. The first-order chi connectivity index (χ1) is 32.9. The van der Waals surface area contributed by atoms with Crippen LogP contribution >= 0.6 is 0 Å². The van der Waals surface area contributed by atoms with E-state index in [1.807, 2.05) is 11.2 Å². The first kappa shape index (κ1) is 61.2. The van der Waals surface area contributed by atoms with Gasteiger partial charge in [0.25, 0.3) is 0 Å². The Bertz CT molecular complexity index is 1820. The number of likely N-dealkylation sites (tertiary alicyclic amines) is 1. The third-order valence-electron chi connectivity index (χ3n) is 16.4. The van der Waals surface area contributed by atoms with Gasteiger partial charge in [0.2, 0.25) is 0 Å². The van der Waals surface area contributed by atoms with E-state index in [1.54, 1.807) is 7.05 Å². The first-order valence-corrected chi connectivity index (χ1v) is 27.7. The number of nitrogens with zero attached hydrogens (tertiary/aromatic N) is 4. The molecule has 2 fully saturated rings. The van der Waals surface area contributed by atoms with E-state index in [0.29, 0.717) is 71.6 Å². The molecule has 12 atom stereocenters. The van der Waals surface area contributed by atoms with Crippen LogP contribution in [-0.2, 0) is 4.79 Å². The van der Waals surface area contributed by atoms with Crippen molar-refractivity contribution in [3.63, 3.8) is 0 Å². The van der Waals surface area contributed by atoms with Gasteiger partial charge in [-0.3, -0.25) is 9.80 Å². The average molecular weight is 946 g/mol. The molecule has 0 aromatic carbocycles. The van der Waals surface area contributed by atoms with Gasteiger partial charge in [-0.05, 0) is 164 Å².